The summed E-state index contributed by atoms with van der Waals surface area (Å²) in [6.07, 6.45) is 1.13. The number of nitrogens with zero attached hydrogens (tertiary/aromatic N) is 2. The Balaban J connectivity index is 1.86. The minimum Gasteiger partial charge on any atom is -0.393 e. The Hall–Kier alpha value is -2.81. The van der Waals surface area contributed by atoms with Gasteiger partial charge < -0.3 is 19.9 Å². The van der Waals surface area contributed by atoms with Crippen LogP contribution in [0.15, 0.2) is 30.5 Å². The largest absolute Gasteiger partial charge is 0.393 e. The zero-order chi connectivity index (χ0) is 21.3. The molecule has 1 aromatic heterocycles. The Labute approximate surface area is 165 Å². The summed E-state index contributed by atoms with van der Waals surface area (Å²) < 4.78 is 44.6. The molecule has 2 N–H and O–H groups in total. The topological polar surface area (TPSA) is 74.6 Å². The molecule has 2 heterocycles. The predicted octanol–water partition coefficient (Wildman–Crippen LogP) is 2.80. The molecular weight excluding hydrogens is 387 g/mol. The van der Waals surface area contributed by atoms with E-state index in [0.29, 0.717) is 5.56 Å². The van der Waals surface area contributed by atoms with Crippen LogP contribution in [0.3, 0.4) is 0 Å². The summed E-state index contributed by atoms with van der Waals surface area (Å²) >= 11 is 0. The van der Waals surface area contributed by atoms with Crippen LogP contribution in [-0.2, 0) is 17.8 Å². The van der Waals surface area contributed by atoms with Crippen molar-refractivity contribution in [3.05, 3.63) is 53.1 Å². The summed E-state index contributed by atoms with van der Waals surface area (Å²) in [6.45, 7) is 1.56. The van der Waals surface area contributed by atoms with Gasteiger partial charge in [0, 0.05) is 32.0 Å². The molecule has 1 aromatic carbocycles. The first-order chi connectivity index (χ1) is 13.6. The number of halogens is 3. The number of carbonyl (C=O) groups excluding carboxylic acids is 2. The van der Waals surface area contributed by atoms with Gasteiger partial charge in [-0.05, 0) is 49.6 Å². The monoisotopic (exact) mass is 409 g/mol. The number of anilines is 1. The third kappa shape index (κ3) is 4.14. The number of aryl methyl sites for hydroxylation is 2. The number of rotatable bonds is 4. The summed E-state index contributed by atoms with van der Waals surface area (Å²) in [5.41, 5.74) is -0.512. The van der Waals surface area contributed by atoms with Crippen molar-refractivity contribution >= 4 is 17.5 Å². The lowest BCUT2D eigenvalue weighted by Gasteiger charge is -2.32. The van der Waals surface area contributed by atoms with E-state index >= 15 is 8.78 Å². The second-order valence-electron chi connectivity index (χ2n) is 7.20. The van der Waals surface area contributed by atoms with E-state index in [9.17, 15) is 19.1 Å². The number of aromatic nitrogens is 1. The molecule has 9 heteroatoms. The smallest absolute Gasteiger partial charge is 0.365 e. The molecule has 1 aliphatic rings. The van der Waals surface area contributed by atoms with Gasteiger partial charge in [-0.1, -0.05) is 0 Å². The Bertz CT molecular complexity index is 934. The Kier molecular flexibility index (Phi) is 5.70. The van der Waals surface area contributed by atoms with Crippen molar-refractivity contribution in [3.63, 3.8) is 0 Å². The highest BCUT2D eigenvalue weighted by atomic mass is 19.3. The van der Waals surface area contributed by atoms with Gasteiger partial charge >= 0.3 is 5.92 Å². The summed E-state index contributed by atoms with van der Waals surface area (Å²) in [6, 6.07) is 5.09. The van der Waals surface area contributed by atoms with Crippen LogP contribution in [0.2, 0.25) is 0 Å². The zero-order valence-corrected chi connectivity index (χ0v) is 16.1. The van der Waals surface area contributed by atoms with Crippen molar-refractivity contribution in [2.75, 3.05) is 18.4 Å². The lowest BCUT2D eigenvalue weighted by atomic mass is 10.0. The second-order valence-corrected chi connectivity index (χ2v) is 7.20. The van der Waals surface area contributed by atoms with Crippen molar-refractivity contribution in [2.24, 2.45) is 7.05 Å². The normalized spacial score (nSPS) is 15.4. The van der Waals surface area contributed by atoms with E-state index in [-0.39, 0.29) is 37.2 Å². The van der Waals surface area contributed by atoms with Gasteiger partial charge in [0.05, 0.1) is 11.7 Å². The molecule has 29 heavy (non-hydrogen) atoms. The van der Waals surface area contributed by atoms with Crippen LogP contribution in [-0.4, -0.2) is 45.6 Å². The van der Waals surface area contributed by atoms with Crippen LogP contribution in [0.4, 0.5) is 18.9 Å². The van der Waals surface area contributed by atoms with Gasteiger partial charge in [-0.2, -0.15) is 8.78 Å². The maximum atomic E-state index is 15.1. The number of hydrogen-bond donors (Lipinski definition) is 2. The molecule has 2 aromatic rings. The molecule has 6 nitrogen and oxygen atoms in total. The standard InChI is InChI=1S/C20H22F3N3O3/c1-12-11-13(3-4-16(12)21)24-18(28)15-7-8-25(2)17(15)20(22,23)19(29)26-9-5-14(27)6-10-26/h3-4,7-8,11,14,27H,5-6,9-10H2,1-2H3,(H,24,28). The molecule has 0 bridgehead atoms. The van der Waals surface area contributed by atoms with E-state index in [1.807, 2.05) is 0 Å². The first kappa shape index (κ1) is 20.9. The van der Waals surface area contributed by atoms with Gasteiger partial charge in [0.25, 0.3) is 11.8 Å². The summed E-state index contributed by atoms with van der Waals surface area (Å²) in [4.78, 5) is 26.1. The molecule has 1 aliphatic heterocycles. The first-order valence-corrected chi connectivity index (χ1v) is 9.20. The molecule has 0 atom stereocenters. The number of alkyl halides is 2. The lowest BCUT2D eigenvalue weighted by molar-refractivity contribution is -0.162. The number of hydrogen-bond acceptors (Lipinski definition) is 3. The van der Waals surface area contributed by atoms with Gasteiger partial charge in [0.1, 0.15) is 11.5 Å². The number of carbonyl (C=O) groups is 2. The molecule has 1 fully saturated rings. The van der Waals surface area contributed by atoms with Crippen molar-refractivity contribution in [3.8, 4) is 0 Å². The Morgan fingerprint density at radius 1 is 1.21 bits per heavy atom. The van der Waals surface area contributed by atoms with Crippen LogP contribution in [0.25, 0.3) is 0 Å². The van der Waals surface area contributed by atoms with Crippen LogP contribution >= 0.6 is 0 Å². The molecule has 0 saturated carbocycles. The van der Waals surface area contributed by atoms with E-state index in [2.05, 4.69) is 5.32 Å². The number of aliphatic hydroxyl groups is 1. The molecule has 156 valence electrons. The molecule has 1 saturated heterocycles. The van der Waals surface area contributed by atoms with E-state index in [0.717, 1.165) is 9.47 Å². The fraction of sp³-hybridized carbons (Fsp3) is 0.400. The molecule has 0 radical (unpaired) electrons. The maximum absolute atomic E-state index is 15.1. The second kappa shape index (κ2) is 7.90. The highest BCUT2D eigenvalue weighted by molar-refractivity contribution is 6.06. The third-order valence-corrected chi connectivity index (χ3v) is 5.05. The molecule has 3 rings (SSSR count). The quantitative estimate of drug-likeness (QED) is 0.816. The van der Waals surface area contributed by atoms with Gasteiger partial charge in [0.2, 0.25) is 0 Å². The average molecular weight is 409 g/mol. The number of aliphatic hydroxyl groups excluding tert-OH is 1. The molecule has 2 amide bonds. The number of amides is 2. The summed E-state index contributed by atoms with van der Waals surface area (Å²) in [5, 5.41) is 12.0. The third-order valence-electron chi connectivity index (χ3n) is 5.05. The fourth-order valence-corrected chi connectivity index (χ4v) is 3.39. The number of benzene rings is 1. The first-order valence-electron chi connectivity index (χ1n) is 9.20. The van der Waals surface area contributed by atoms with Crippen LogP contribution in [0, 0.1) is 12.7 Å². The molecule has 0 aliphatic carbocycles. The van der Waals surface area contributed by atoms with Crippen molar-refractivity contribution < 1.29 is 27.9 Å². The molecule has 0 unspecified atom stereocenters. The average Bonchev–Trinajstić information content (AvgIpc) is 3.07. The van der Waals surface area contributed by atoms with Gasteiger partial charge in [0.15, 0.2) is 0 Å². The minimum atomic E-state index is -3.92. The minimum absolute atomic E-state index is 0.0242. The highest BCUT2D eigenvalue weighted by Crippen LogP contribution is 2.34. The summed E-state index contributed by atoms with van der Waals surface area (Å²) in [5.74, 6) is -6.61. The Morgan fingerprint density at radius 3 is 2.48 bits per heavy atom. The predicted molar refractivity (Wildman–Crippen MR) is 100 cm³/mol. The van der Waals surface area contributed by atoms with E-state index in [1.54, 1.807) is 0 Å². The van der Waals surface area contributed by atoms with Crippen molar-refractivity contribution in [2.45, 2.75) is 31.8 Å². The van der Waals surface area contributed by atoms with Crippen molar-refractivity contribution in [1.82, 2.24) is 9.47 Å². The van der Waals surface area contributed by atoms with Crippen LogP contribution in [0.5, 0.6) is 0 Å². The Morgan fingerprint density at radius 2 is 1.86 bits per heavy atom. The lowest BCUT2D eigenvalue weighted by Crippen LogP contribution is -2.47. The maximum Gasteiger partial charge on any atom is 0.365 e. The van der Waals surface area contributed by atoms with Crippen LogP contribution in [0.1, 0.15) is 34.5 Å². The molecule has 0 spiro atoms. The van der Waals surface area contributed by atoms with E-state index in [4.69, 9.17) is 0 Å². The van der Waals surface area contributed by atoms with E-state index < -0.39 is 35.4 Å². The highest BCUT2D eigenvalue weighted by Gasteiger charge is 2.48. The summed E-state index contributed by atoms with van der Waals surface area (Å²) in [7, 11) is 1.33. The van der Waals surface area contributed by atoms with Crippen LogP contribution < -0.4 is 5.32 Å². The number of piperidine rings is 1. The zero-order valence-electron chi connectivity index (χ0n) is 16.1. The molecular formula is C20H22F3N3O3. The number of nitrogens with one attached hydrogen (secondary N) is 1. The van der Waals surface area contributed by atoms with Gasteiger partial charge in [-0.15, -0.1) is 0 Å². The van der Waals surface area contributed by atoms with Crippen molar-refractivity contribution in [1.29, 1.82) is 0 Å². The van der Waals surface area contributed by atoms with Gasteiger partial charge in [-0.3, -0.25) is 9.59 Å². The van der Waals surface area contributed by atoms with Gasteiger partial charge in [-0.25, -0.2) is 4.39 Å². The fourth-order valence-electron chi connectivity index (χ4n) is 3.39. The van der Waals surface area contributed by atoms with E-state index in [1.165, 1.54) is 44.4 Å². The number of likely N-dealkylation sites (tertiary alicyclic amines) is 1. The SMILES string of the molecule is Cc1cc(NC(=O)c2ccn(C)c2C(F)(F)C(=O)N2CCC(O)CC2)ccc1F.